The molecule has 2 aliphatic rings. The number of carbonyl (C=O) groups excluding carboxylic acids is 1. The van der Waals surface area contributed by atoms with Crippen molar-refractivity contribution in [2.45, 2.75) is 37.1 Å². The van der Waals surface area contributed by atoms with E-state index in [4.69, 9.17) is 9.47 Å². The van der Waals surface area contributed by atoms with Crippen LogP contribution in [0.5, 0.6) is 11.5 Å². The smallest absolute Gasteiger partial charge is 0.233 e. The summed E-state index contributed by atoms with van der Waals surface area (Å²) in [7, 11) is 0. The Hall–Kier alpha value is -2.14. The van der Waals surface area contributed by atoms with Crippen LogP contribution < -0.4 is 9.47 Å². The highest BCUT2D eigenvalue weighted by Crippen LogP contribution is 2.38. The lowest BCUT2D eigenvalue weighted by molar-refractivity contribution is -0.129. The van der Waals surface area contributed by atoms with E-state index in [2.05, 4.69) is 43.3 Å². The van der Waals surface area contributed by atoms with Gasteiger partial charge in [-0.3, -0.25) is 4.79 Å². The number of fused-ring (bicyclic) bond motifs is 1. The van der Waals surface area contributed by atoms with Crippen LogP contribution in [0.25, 0.3) is 0 Å². The number of ether oxygens (including phenoxy) is 2. The molecule has 2 aliphatic heterocycles. The van der Waals surface area contributed by atoms with Crippen molar-refractivity contribution in [3.8, 4) is 11.5 Å². The molecule has 1 amide bonds. The average Bonchev–Trinajstić information content (AvgIpc) is 3.06. The molecule has 142 valence electrons. The van der Waals surface area contributed by atoms with E-state index in [1.165, 1.54) is 5.56 Å². The third-order valence-electron chi connectivity index (χ3n) is 5.11. The molecule has 0 saturated carbocycles. The molecule has 0 spiro atoms. The van der Waals surface area contributed by atoms with Gasteiger partial charge >= 0.3 is 0 Å². The average molecular weight is 384 g/mol. The van der Waals surface area contributed by atoms with Crippen LogP contribution in [0.1, 0.15) is 36.4 Å². The summed E-state index contributed by atoms with van der Waals surface area (Å²) in [6.07, 6.45) is 2.94. The van der Waals surface area contributed by atoms with E-state index < -0.39 is 0 Å². The zero-order chi connectivity index (χ0) is 18.6. The van der Waals surface area contributed by atoms with Crippen molar-refractivity contribution in [1.29, 1.82) is 0 Å². The number of benzene rings is 2. The summed E-state index contributed by atoms with van der Waals surface area (Å²) in [4.78, 5) is 16.0. The lowest BCUT2D eigenvalue weighted by atomic mass is 10.0. The Morgan fingerprint density at radius 2 is 1.85 bits per heavy atom. The van der Waals surface area contributed by atoms with Gasteiger partial charge in [-0.1, -0.05) is 23.8 Å². The number of hydrogen-bond donors (Lipinski definition) is 0. The maximum absolute atomic E-state index is 12.9. The molecule has 2 aromatic rings. The number of likely N-dealkylation sites (tertiary alicyclic amines) is 1. The van der Waals surface area contributed by atoms with Gasteiger partial charge < -0.3 is 14.4 Å². The van der Waals surface area contributed by atoms with Crippen LogP contribution in [0.3, 0.4) is 0 Å². The van der Waals surface area contributed by atoms with Gasteiger partial charge in [0.25, 0.3) is 0 Å². The molecule has 0 aromatic heterocycles. The van der Waals surface area contributed by atoms with Gasteiger partial charge in [-0.2, -0.15) is 0 Å². The summed E-state index contributed by atoms with van der Waals surface area (Å²) < 4.78 is 11.6. The Morgan fingerprint density at radius 1 is 1.07 bits per heavy atom. The third-order valence-corrected chi connectivity index (χ3v) is 6.11. The molecule has 2 heterocycles. The highest BCUT2D eigenvalue weighted by Gasteiger charge is 2.30. The molecule has 27 heavy (non-hydrogen) atoms. The normalized spacial score (nSPS) is 19.0. The Kier molecular flexibility index (Phi) is 5.58. The quantitative estimate of drug-likeness (QED) is 0.723. The van der Waals surface area contributed by atoms with Gasteiger partial charge in [-0.05, 0) is 49.6 Å². The van der Waals surface area contributed by atoms with Gasteiger partial charge in [0.2, 0.25) is 5.91 Å². The van der Waals surface area contributed by atoms with Gasteiger partial charge in [0.1, 0.15) is 0 Å². The van der Waals surface area contributed by atoms with Gasteiger partial charge in [0.15, 0.2) is 11.5 Å². The minimum atomic E-state index is 0.133. The van der Waals surface area contributed by atoms with E-state index in [1.54, 1.807) is 11.8 Å². The molecular formula is C22H25NO3S. The topological polar surface area (TPSA) is 38.8 Å². The highest BCUT2D eigenvalue weighted by molar-refractivity contribution is 8.00. The molecule has 4 nitrogen and oxygen atoms in total. The maximum atomic E-state index is 12.9. The Labute approximate surface area is 164 Å². The largest absolute Gasteiger partial charge is 0.490 e. The molecule has 1 fully saturated rings. The molecule has 4 rings (SSSR count). The van der Waals surface area contributed by atoms with E-state index in [9.17, 15) is 4.79 Å². The molecule has 2 aromatic carbocycles. The fourth-order valence-corrected chi connectivity index (χ4v) is 4.45. The van der Waals surface area contributed by atoms with E-state index in [0.717, 1.165) is 47.8 Å². The number of nitrogens with zero attached hydrogens (tertiary/aromatic N) is 1. The SMILES string of the molecule is Cc1ccc(SCC(=O)N2CCCC2c2ccc3c(c2)OCCCO3)cc1. The second-order valence-electron chi connectivity index (χ2n) is 7.10. The van der Waals surface area contributed by atoms with Crippen LogP contribution in [-0.4, -0.2) is 36.3 Å². The van der Waals surface area contributed by atoms with Crippen molar-refractivity contribution < 1.29 is 14.3 Å². The highest BCUT2D eigenvalue weighted by atomic mass is 32.2. The van der Waals surface area contributed by atoms with E-state index >= 15 is 0 Å². The van der Waals surface area contributed by atoms with Gasteiger partial charge in [-0.15, -0.1) is 11.8 Å². The maximum Gasteiger partial charge on any atom is 0.233 e. The second kappa shape index (κ2) is 8.26. The van der Waals surface area contributed by atoms with E-state index in [0.29, 0.717) is 19.0 Å². The van der Waals surface area contributed by atoms with E-state index in [1.807, 2.05) is 11.0 Å². The fourth-order valence-electron chi connectivity index (χ4n) is 3.66. The summed E-state index contributed by atoms with van der Waals surface area (Å²) in [6.45, 7) is 4.27. The van der Waals surface area contributed by atoms with Crippen molar-refractivity contribution in [3.05, 3.63) is 53.6 Å². The Morgan fingerprint density at radius 3 is 2.67 bits per heavy atom. The number of rotatable bonds is 4. The monoisotopic (exact) mass is 383 g/mol. The lowest BCUT2D eigenvalue weighted by Crippen LogP contribution is -2.32. The summed E-state index contributed by atoms with van der Waals surface area (Å²) in [5.41, 5.74) is 2.38. The first kappa shape index (κ1) is 18.2. The summed E-state index contributed by atoms with van der Waals surface area (Å²) in [5, 5.41) is 0. The molecule has 1 atom stereocenters. The Bertz CT molecular complexity index is 806. The van der Waals surface area contributed by atoms with Crippen molar-refractivity contribution in [3.63, 3.8) is 0 Å². The molecule has 0 bridgehead atoms. The van der Waals surface area contributed by atoms with Crippen molar-refractivity contribution >= 4 is 17.7 Å². The minimum absolute atomic E-state index is 0.133. The fraction of sp³-hybridized carbons (Fsp3) is 0.409. The molecule has 0 radical (unpaired) electrons. The number of aryl methyl sites for hydroxylation is 1. The molecule has 0 N–H and O–H groups in total. The summed E-state index contributed by atoms with van der Waals surface area (Å²) in [5.74, 6) is 2.29. The second-order valence-corrected chi connectivity index (χ2v) is 8.15. The zero-order valence-electron chi connectivity index (χ0n) is 15.6. The first-order valence-corrected chi connectivity index (χ1v) is 10.6. The van der Waals surface area contributed by atoms with Crippen molar-refractivity contribution in [1.82, 2.24) is 4.90 Å². The number of hydrogen-bond acceptors (Lipinski definition) is 4. The van der Waals surface area contributed by atoms with Crippen LogP contribution in [0, 0.1) is 6.92 Å². The predicted molar refractivity (Wildman–Crippen MR) is 108 cm³/mol. The number of carbonyl (C=O) groups is 1. The molecule has 0 aliphatic carbocycles. The van der Waals surface area contributed by atoms with Crippen molar-refractivity contribution in [2.24, 2.45) is 0 Å². The van der Waals surface area contributed by atoms with Gasteiger partial charge in [-0.25, -0.2) is 0 Å². The minimum Gasteiger partial charge on any atom is -0.490 e. The third kappa shape index (κ3) is 4.24. The molecular weight excluding hydrogens is 358 g/mol. The summed E-state index contributed by atoms with van der Waals surface area (Å²) in [6, 6.07) is 14.6. The first-order chi connectivity index (χ1) is 13.2. The number of amides is 1. The van der Waals surface area contributed by atoms with Crippen molar-refractivity contribution in [2.75, 3.05) is 25.5 Å². The lowest BCUT2D eigenvalue weighted by Gasteiger charge is -2.25. The molecule has 5 heteroatoms. The molecule has 1 saturated heterocycles. The van der Waals surface area contributed by atoms with Crippen LogP contribution in [0.4, 0.5) is 0 Å². The molecule has 1 unspecified atom stereocenters. The van der Waals surface area contributed by atoms with Crippen LogP contribution in [0.2, 0.25) is 0 Å². The standard InChI is InChI=1S/C22H25NO3S/c1-16-5-8-18(9-6-16)27-15-22(24)23-11-2-4-19(23)17-7-10-20-21(14-17)26-13-3-12-25-20/h5-10,14,19H,2-4,11-13,15H2,1H3. The van der Waals surface area contributed by atoms with Crippen LogP contribution in [-0.2, 0) is 4.79 Å². The van der Waals surface area contributed by atoms with E-state index in [-0.39, 0.29) is 11.9 Å². The Balaban J connectivity index is 1.44. The van der Waals surface area contributed by atoms with Crippen LogP contribution in [0.15, 0.2) is 47.4 Å². The van der Waals surface area contributed by atoms with Gasteiger partial charge in [0, 0.05) is 17.9 Å². The van der Waals surface area contributed by atoms with Crippen LogP contribution >= 0.6 is 11.8 Å². The zero-order valence-corrected chi connectivity index (χ0v) is 16.5. The first-order valence-electron chi connectivity index (χ1n) is 9.59. The predicted octanol–water partition coefficient (Wildman–Crippen LogP) is 4.61. The number of thioether (sulfide) groups is 1. The summed E-state index contributed by atoms with van der Waals surface area (Å²) >= 11 is 1.61. The van der Waals surface area contributed by atoms with Gasteiger partial charge in [0.05, 0.1) is 25.0 Å².